The number of aliphatic carboxylic acids is 1. The summed E-state index contributed by atoms with van der Waals surface area (Å²) in [6, 6.07) is 0.341. The average Bonchev–Trinajstić information content (AvgIpc) is 2.73. The maximum absolute atomic E-state index is 11.8. The first-order valence-corrected chi connectivity index (χ1v) is 5.10. The van der Waals surface area contributed by atoms with Crippen molar-refractivity contribution in [2.24, 2.45) is 23.7 Å². The van der Waals surface area contributed by atoms with Crippen molar-refractivity contribution in [3.05, 3.63) is 0 Å². The lowest BCUT2D eigenvalue weighted by molar-refractivity contribution is -0.148. The number of fused-ring (bicyclic) bond motifs is 1. The van der Waals surface area contributed by atoms with Crippen molar-refractivity contribution in [2.75, 3.05) is 7.05 Å². The minimum atomic E-state index is -0.774. The monoisotopic (exact) mass is 195 g/mol. The van der Waals surface area contributed by atoms with E-state index in [-0.39, 0.29) is 17.7 Å². The third kappa shape index (κ3) is 0.713. The lowest BCUT2D eigenvalue weighted by Crippen LogP contribution is -2.31. The lowest BCUT2D eigenvalue weighted by atomic mass is 9.80. The molecule has 1 saturated heterocycles. The fourth-order valence-electron chi connectivity index (χ4n) is 3.86. The minimum absolute atomic E-state index is 0.0624. The molecule has 0 radical (unpaired) electrons. The Bertz CT molecular complexity index is 327. The molecule has 0 aromatic heterocycles. The first-order valence-electron chi connectivity index (χ1n) is 5.10. The van der Waals surface area contributed by atoms with Crippen molar-refractivity contribution in [3.63, 3.8) is 0 Å². The normalized spacial score (nSPS) is 49.1. The average molecular weight is 195 g/mol. The van der Waals surface area contributed by atoms with Gasteiger partial charge >= 0.3 is 5.97 Å². The van der Waals surface area contributed by atoms with E-state index in [4.69, 9.17) is 5.11 Å². The number of hydrogen-bond acceptors (Lipinski definition) is 2. The molecule has 3 aliphatic rings. The number of carboxylic acid groups (broad SMARTS) is 1. The summed E-state index contributed by atoms with van der Waals surface area (Å²) in [6.45, 7) is 0. The van der Waals surface area contributed by atoms with Gasteiger partial charge < -0.3 is 10.0 Å². The Balaban J connectivity index is 2.02. The fraction of sp³-hybridized carbons (Fsp3) is 0.800. The molecule has 2 aliphatic carbocycles. The lowest BCUT2D eigenvalue weighted by Gasteiger charge is -2.23. The highest BCUT2D eigenvalue weighted by Gasteiger charge is 2.64. The van der Waals surface area contributed by atoms with E-state index in [2.05, 4.69) is 0 Å². The van der Waals surface area contributed by atoms with Gasteiger partial charge in [-0.15, -0.1) is 0 Å². The number of carboxylic acids is 1. The van der Waals surface area contributed by atoms with Crippen molar-refractivity contribution in [1.29, 1.82) is 0 Å². The van der Waals surface area contributed by atoms with Crippen LogP contribution in [0.4, 0.5) is 0 Å². The smallest absolute Gasteiger partial charge is 0.307 e. The molecule has 0 unspecified atom stereocenters. The van der Waals surface area contributed by atoms with Crippen LogP contribution < -0.4 is 0 Å². The molecular formula is C10H13NO3. The summed E-state index contributed by atoms with van der Waals surface area (Å²) in [6.07, 6.45) is 1.85. The van der Waals surface area contributed by atoms with Crippen LogP contribution in [0.1, 0.15) is 12.8 Å². The van der Waals surface area contributed by atoms with Gasteiger partial charge in [-0.2, -0.15) is 0 Å². The van der Waals surface area contributed by atoms with E-state index in [1.165, 1.54) is 0 Å². The van der Waals surface area contributed by atoms with Crippen LogP contribution in [0.3, 0.4) is 0 Å². The van der Waals surface area contributed by atoms with Crippen molar-refractivity contribution in [2.45, 2.75) is 18.9 Å². The number of nitrogens with zero attached hydrogens (tertiary/aromatic N) is 1. The van der Waals surface area contributed by atoms with E-state index in [0.717, 1.165) is 12.8 Å². The van der Waals surface area contributed by atoms with Crippen LogP contribution in [0.2, 0.25) is 0 Å². The summed E-state index contributed by atoms with van der Waals surface area (Å²) in [7, 11) is 1.81. The summed E-state index contributed by atoms with van der Waals surface area (Å²) in [5, 5.41) is 9.09. The first kappa shape index (κ1) is 8.26. The van der Waals surface area contributed by atoms with Gasteiger partial charge in [0, 0.05) is 13.1 Å². The van der Waals surface area contributed by atoms with Gasteiger partial charge in [0.25, 0.3) is 0 Å². The largest absolute Gasteiger partial charge is 0.481 e. The summed E-state index contributed by atoms with van der Waals surface area (Å²) in [5.41, 5.74) is 0. The zero-order valence-electron chi connectivity index (χ0n) is 8.01. The van der Waals surface area contributed by atoms with Crippen LogP contribution in [0.25, 0.3) is 0 Å². The highest BCUT2D eigenvalue weighted by atomic mass is 16.4. The highest BCUT2D eigenvalue weighted by Crippen LogP contribution is 2.58. The molecule has 3 rings (SSSR count). The molecule has 1 aliphatic heterocycles. The van der Waals surface area contributed by atoms with Gasteiger partial charge in [-0.25, -0.2) is 0 Å². The molecule has 3 fully saturated rings. The standard InChI is InChI=1S/C10H13NO3/c1-11-6-3-4-2-5(6)8(9(11)12)7(4)10(13)14/h4-8H,2-3H2,1H3,(H,13,14)/t4-,5-,6-,7-,8-/m0/s1. The molecule has 1 N–H and O–H groups in total. The Morgan fingerprint density at radius 3 is 2.86 bits per heavy atom. The Kier molecular flexibility index (Phi) is 1.36. The van der Waals surface area contributed by atoms with Gasteiger partial charge in [0.15, 0.2) is 0 Å². The summed E-state index contributed by atoms with van der Waals surface area (Å²) >= 11 is 0. The second kappa shape index (κ2) is 2.30. The van der Waals surface area contributed by atoms with Crippen LogP contribution in [0.15, 0.2) is 0 Å². The quantitative estimate of drug-likeness (QED) is 0.649. The van der Waals surface area contributed by atoms with Crippen LogP contribution in [-0.2, 0) is 9.59 Å². The Labute approximate surface area is 81.9 Å². The van der Waals surface area contributed by atoms with Gasteiger partial charge in [0.2, 0.25) is 5.91 Å². The molecule has 0 aromatic rings. The number of amides is 1. The van der Waals surface area contributed by atoms with Crippen LogP contribution in [0, 0.1) is 23.7 Å². The van der Waals surface area contributed by atoms with Gasteiger partial charge in [-0.3, -0.25) is 9.59 Å². The van der Waals surface area contributed by atoms with E-state index < -0.39 is 11.9 Å². The van der Waals surface area contributed by atoms with E-state index in [0.29, 0.717) is 12.0 Å². The summed E-state index contributed by atoms with van der Waals surface area (Å²) in [4.78, 5) is 24.6. The topological polar surface area (TPSA) is 57.6 Å². The molecule has 76 valence electrons. The van der Waals surface area contributed by atoms with Gasteiger partial charge in [0.1, 0.15) is 0 Å². The van der Waals surface area contributed by atoms with Gasteiger partial charge in [-0.1, -0.05) is 0 Å². The van der Waals surface area contributed by atoms with E-state index in [1.54, 1.807) is 4.90 Å². The predicted octanol–water partition coefficient (Wildman–Crippen LogP) is 0.184. The summed E-state index contributed by atoms with van der Waals surface area (Å²) in [5.74, 6) is -0.730. The SMILES string of the molecule is CN1C(=O)[C@H]2[C@H]3C[C@@H](C[C@@H]31)[C@@H]2C(=O)O. The zero-order chi connectivity index (χ0) is 10.0. The van der Waals surface area contributed by atoms with E-state index in [9.17, 15) is 9.59 Å². The molecule has 2 saturated carbocycles. The maximum atomic E-state index is 11.8. The van der Waals surface area contributed by atoms with Crippen LogP contribution in [0.5, 0.6) is 0 Å². The van der Waals surface area contributed by atoms with Crippen molar-refractivity contribution < 1.29 is 14.7 Å². The number of carbonyl (C=O) groups excluding carboxylic acids is 1. The molecule has 14 heavy (non-hydrogen) atoms. The zero-order valence-corrected chi connectivity index (χ0v) is 8.01. The Morgan fingerprint density at radius 1 is 1.50 bits per heavy atom. The highest BCUT2D eigenvalue weighted by molar-refractivity contribution is 5.89. The molecule has 1 heterocycles. The Morgan fingerprint density at radius 2 is 2.21 bits per heavy atom. The molecule has 0 aromatic carbocycles. The number of rotatable bonds is 1. The second-order valence-corrected chi connectivity index (χ2v) is 4.80. The molecule has 4 heteroatoms. The maximum Gasteiger partial charge on any atom is 0.307 e. The molecule has 5 atom stereocenters. The van der Waals surface area contributed by atoms with E-state index in [1.807, 2.05) is 7.05 Å². The number of hydrogen-bond donors (Lipinski definition) is 1. The van der Waals surface area contributed by atoms with Crippen LogP contribution >= 0.6 is 0 Å². The third-order valence-electron chi connectivity index (χ3n) is 4.38. The van der Waals surface area contributed by atoms with Crippen LogP contribution in [-0.4, -0.2) is 35.0 Å². The first-order chi connectivity index (χ1) is 6.61. The fourth-order valence-corrected chi connectivity index (χ4v) is 3.86. The third-order valence-corrected chi connectivity index (χ3v) is 4.38. The Hall–Kier alpha value is -1.06. The molecule has 0 spiro atoms. The van der Waals surface area contributed by atoms with Crippen molar-refractivity contribution >= 4 is 11.9 Å². The van der Waals surface area contributed by atoms with E-state index >= 15 is 0 Å². The summed E-state index contributed by atoms with van der Waals surface area (Å²) < 4.78 is 0. The molecule has 1 amide bonds. The second-order valence-electron chi connectivity index (χ2n) is 4.80. The minimum Gasteiger partial charge on any atom is -0.481 e. The predicted molar refractivity (Wildman–Crippen MR) is 47.4 cm³/mol. The molecular weight excluding hydrogens is 182 g/mol. The number of likely N-dealkylation sites (tertiary alicyclic amines) is 1. The molecule has 4 nitrogen and oxygen atoms in total. The van der Waals surface area contributed by atoms with Gasteiger partial charge in [0.05, 0.1) is 11.8 Å². The van der Waals surface area contributed by atoms with Crippen molar-refractivity contribution in [1.82, 2.24) is 4.90 Å². The molecule has 2 bridgehead atoms. The van der Waals surface area contributed by atoms with Gasteiger partial charge in [-0.05, 0) is 24.7 Å². The van der Waals surface area contributed by atoms with Crippen molar-refractivity contribution in [3.8, 4) is 0 Å². The number of carbonyl (C=O) groups is 2.